The second-order valence-electron chi connectivity index (χ2n) is 5.00. The Morgan fingerprint density at radius 3 is 3.00 bits per heavy atom. The molecular weight excluding hydrogens is 264 g/mol. The van der Waals surface area contributed by atoms with Crippen molar-refractivity contribution in [2.75, 3.05) is 40.4 Å². The molecule has 2 rings (SSSR count). The molecule has 0 bridgehead atoms. The number of rotatable bonds is 3. The highest BCUT2D eigenvalue weighted by atomic mass is 35.5. The third-order valence-corrected chi connectivity index (χ3v) is 3.37. The molecule has 1 aromatic rings. The third kappa shape index (κ3) is 3.69. The van der Waals surface area contributed by atoms with E-state index in [-0.39, 0.29) is 11.9 Å². The molecular formula is C14H19ClN2O2. The largest absolute Gasteiger partial charge is 0.377 e. The predicted octanol–water partition coefficient (Wildman–Crippen LogP) is 1.74. The van der Waals surface area contributed by atoms with Gasteiger partial charge in [-0.3, -0.25) is 4.79 Å². The van der Waals surface area contributed by atoms with E-state index in [1.165, 1.54) is 0 Å². The summed E-state index contributed by atoms with van der Waals surface area (Å²) in [5.41, 5.74) is 0.637. The van der Waals surface area contributed by atoms with Crippen molar-refractivity contribution in [1.29, 1.82) is 0 Å². The van der Waals surface area contributed by atoms with E-state index in [4.69, 9.17) is 16.3 Å². The summed E-state index contributed by atoms with van der Waals surface area (Å²) in [4.78, 5) is 16.5. The number of carbonyl (C=O) groups is 1. The lowest BCUT2D eigenvalue weighted by Gasteiger charge is -2.37. The van der Waals surface area contributed by atoms with Crippen LogP contribution in [0.4, 0.5) is 0 Å². The minimum absolute atomic E-state index is 0.0256. The third-order valence-electron chi connectivity index (χ3n) is 3.14. The number of amides is 1. The lowest BCUT2D eigenvalue weighted by atomic mass is 10.1. The minimum Gasteiger partial charge on any atom is -0.377 e. The molecule has 0 spiro atoms. The van der Waals surface area contributed by atoms with Crippen LogP contribution in [-0.4, -0.2) is 62.1 Å². The first-order valence-electron chi connectivity index (χ1n) is 6.37. The van der Waals surface area contributed by atoms with Crippen molar-refractivity contribution in [2.45, 2.75) is 6.04 Å². The number of halogens is 1. The van der Waals surface area contributed by atoms with Crippen LogP contribution in [0.15, 0.2) is 24.3 Å². The van der Waals surface area contributed by atoms with Gasteiger partial charge in [0.05, 0.1) is 19.3 Å². The summed E-state index contributed by atoms with van der Waals surface area (Å²) in [6, 6.07) is 7.18. The molecule has 0 aromatic heterocycles. The highest BCUT2D eigenvalue weighted by molar-refractivity contribution is 6.30. The number of hydrogen-bond donors (Lipinski definition) is 0. The van der Waals surface area contributed by atoms with E-state index in [9.17, 15) is 4.79 Å². The maximum atomic E-state index is 12.5. The number of hydrogen-bond acceptors (Lipinski definition) is 3. The summed E-state index contributed by atoms with van der Waals surface area (Å²) in [5.74, 6) is 0.0256. The summed E-state index contributed by atoms with van der Waals surface area (Å²) in [6.45, 7) is 2.61. The quantitative estimate of drug-likeness (QED) is 0.847. The lowest BCUT2D eigenvalue weighted by Crippen LogP contribution is -2.52. The van der Waals surface area contributed by atoms with Crippen LogP contribution in [0, 0.1) is 0 Å². The van der Waals surface area contributed by atoms with Gasteiger partial charge in [-0.25, -0.2) is 0 Å². The van der Waals surface area contributed by atoms with Crippen LogP contribution in [0.3, 0.4) is 0 Å². The van der Waals surface area contributed by atoms with Crippen molar-refractivity contribution in [3.05, 3.63) is 34.9 Å². The Morgan fingerprint density at radius 1 is 1.53 bits per heavy atom. The summed E-state index contributed by atoms with van der Waals surface area (Å²) in [5, 5.41) is 0.586. The highest BCUT2D eigenvalue weighted by Crippen LogP contribution is 2.16. The average Bonchev–Trinajstić information content (AvgIpc) is 2.38. The number of likely N-dealkylation sites (N-methyl/N-ethyl adjacent to an activating group) is 1. The van der Waals surface area contributed by atoms with E-state index < -0.39 is 0 Å². The molecule has 1 heterocycles. The zero-order chi connectivity index (χ0) is 13.8. The Bertz CT molecular complexity index is 451. The Kier molecular flexibility index (Phi) is 4.80. The molecule has 1 amide bonds. The van der Waals surface area contributed by atoms with Gasteiger partial charge < -0.3 is 14.5 Å². The van der Waals surface area contributed by atoms with Crippen molar-refractivity contribution in [3.8, 4) is 0 Å². The zero-order valence-corrected chi connectivity index (χ0v) is 12.1. The second kappa shape index (κ2) is 6.37. The summed E-state index contributed by atoms with van der Waals surface area (Å²) < 4.78 is 5.48. The molecule has 0 N–H and O–H groups in total. The van der Waals surface area contributed by atoms with Gasteiger partial charge in [-0.1, -0.05) is 17.7 Å². The molecule has 1 aromatic carbocycles. The van der Waals surface area contributed by atoms with Crippen molar-refractivity contribution in [1.82, 2.24) is 9.80 Å². The molecule has 4 nitrogen and oxygen atoms in total. The lowest BCUT2D eigenvalue weighted by molar-refractivity contribution is -0.00830. The van der Waals surface area contributed by atoms with Crippen molar-refractivity contribution in [3.63, 3.8) is 0 Å². The molecule has 0 radical (unpaired) electrons. The molecule has 0 aliphatic carbocycles. The van der Waals surface area contributed by atoms with Crippen LogP contribution < -0.4 is 0 Å². The van der Waals surface area contributed by atoms with Gasteiger partial charge in [-0.05, 0) is 32.3 Å². The number of nitrogens with zero attached hydrogens (tertiary/aromatic N) is 2. The summed E-state index contributed by atoms with van der Waals surface area (Å²) in [7, 11) is 3.99. The van der Waals surface area contributed by atoms with Gasteiger partial charge in [0, 0.05) is 23.7 Å². The molecule has 5 heteroatoms. The fraction of sp³-hybridized carbons (Fsp3) is 0.500. The van der Waals surface area contributed by atoms with Gasteiger partial charge in [0.2, 0.25) is 0 Å². The SMILES string of the molecule is CN(C)C[C@@H]1COCCN1C(=O)c1cccc(Cl)c1. The van der Waals surface area contributed by atoms with Gasteiger partial charge in [0.1, 0.15) is 0 Å². The number of carbonyl (C=O) groups excluding carboxylic acids is 1. The first-order chi connectivity index (χ1) is 9.08. The highest BCUT2D eigenvalue weighted by Gasteiger charge is 2.28. The molecule has 1 aliphatic heterocycles. The zero-order valence-electron chi connectivity index (χ0n) is 11.3. The number of benzene rings is 1. The standard InChI is InChI=1S/C14H19ClN2O2/c1-16(2)9-13-10-19-7-6-17(13)14(18)11-4-3-5-12(15)8-11/h3-5,8,13H,6-7,9-10H2,1-2H3/t13-/m1/s1. The fourth-order valence-corrected chi connectivity index (χ4v) is 2.47. The van der Waals surface area contributed by atoms with E-state index in [2.05, 4.69) is 4.90 Å². The summed E-state index contributed by atoms with van der Waals surface area (Å²) in [6.07, 6.45) is 0. The van der Waals surface area contributed by atoms with Crippen LogP contribution in [-0.2, 0) is 4.74 Å². The maximum absolute atomic E-state index is 12.5. The Hall–Kier alpha value is -1.10. The molecule has 104 valence electrons. The molecule has 1 saturated heterocycles. The predicted molar refractivity (Wildman–Crippen MR) is 75.6 cm³/mol. The Labute approximate surface area is 118 Å². The number of ether oxygens (including phenoxy) is 1. The van der Waals surface area contributed by atoms with Gasteiger partial charge in [0.25, 0.3) is 5.91 Å². The molecule has 0 unspecified atom stereocenters. The monoisotopic (exact) mass is 282 g/mol. The smallest absolute Gasteiger partial charge is 0.254 e. The van der Waals surface area contributed by atoms with E-state index >= 15 is 0 Å². The van der Waals surface area contributed by atoms with E-state index in [1.54, 1.807) is 24.3 Å². The normalized spacial score (nSPS) is 19.8. The molecule has 1 aliphatic rings. The van der Waals surface area contributed by atoms with E-state index in [0.717, 1.165) is 6.54 Å². The van der Waals surface area contributed by atoms with E-state index in [0.29, 0.717) is 30.3 Å². The molecule has 19 heavy (non-hydrogen) atoms. The van der Waals surface area contributed by atoms with Crippen molar-refractivity contribution in [2.24, 2.45) is 0 Å². The van der Waals surface area contributed by atoms with Gasteiger partial charge >= 0.3 is 0 Å². The average molecular weight is 283 g/mol. The first-order valence-corrected chi connectivity index (χ1v) is 6.74. The molecule has 0 saturated carbocycles. The Morgan fingerprint density at radius 2 is 2.32 bits per heavy atom. The van der Waals surface area contributed by atoms with Crippen molar-refractivity contribution < 1.29 is 9.53 Å². The maximum Gasteiger partial charge on any atom is 0.254 e. The van der Waals surface area contributed by atoms with Gasteiger partial charge in [-0.15, -0.1) is 0 Å². The second-order valence-corrected chi connectivity index (χ2v) is 5.44. The van der Waals surface area contributed by atoms with Crippen LogP contribution in [0.25, 0.3) is 0 Å². The fourth-order valence-electron chi connectivity index (χ4n) is 2.28. The topological polar surface area (TPSA) is 32.8 Å². The molecule has 1 fully saturated rings. The van der Waals surface area contributed by atoms with Crippen LogP contribution >= 0.6 is 11.6 Å². The van der Waals surface area contributed by atoms with Gasteiger partial charge in [0.15, 0.2) is 0 Å². The Balaban J connectivity index is 2.15. The number of morpholine rings is 1. The van der Waals surface area contributed by atoms with Crippen LogP contribution in [0.1, 0.15) is 10.4 Å². The first kappa shape index (κ1) is 14.3. The van der Waals surface area contributed by atoms with Crippen molar-refractivity contribution >= 4 is 17.5 Å². The van der Waals surface area contributed by atoms with Gasteiger partial charge in [-0.2, -0.15) is 0 Å². The van der Waals surface area contributed by atoms with Crippen LogP contribution in [0.5, 0.6) is 0 Å². The minimum atomic E-state index is 0.0256. The molecule has 1 atom stereocenters. The summed E-state index contributed by atoms with van der Waals surface area (Å²) >= 11 is 5.94. The van der Waals surface area contributed by atoms with E-state index in [1.807, 2.05) is 19.0 Å². The van der Waals surface area contributed by atoms with Crippen LogP contribution in [0.2, 0.25) is 5.02 Å².